The number of halogens is 8. The van der Waals surface area contributed by atoms with E-state index in [1.165, 1.54) is 12.5 Å². The minimum Gasteiger partial charge on any atom is -0.506 e. The Morgan fingerprint density at radius 3 is 2.06 bits per heavy atom. The monoisotopic (exact) mass is 788 g/mol. The van der Waals surface area contributed by atoms with Gasteiger partial charge in [-0.1, -0.05) is 43.0 Å². The Morgan fingerprint density at radius 2 is 1.47 bits per heavy atom. The Labute approximate surface area is 304 Å². The predicted octanol–water partition coefficient (Wildman–Crippen LogP) is 5.30. The highest BCUT2D eigenvalue weighted by Crippen LogP contribution is 2.39. The predicted molar refractivity (Wildman–Crippen MR) is 177 cm³/mol. The summed E-state index contributed by atoms with van der Waals surface area (Å²) in [4.78, 5) is 44.6. The number of phenolic OH excluding ortho intramolecular Hbond substituents is 1. The number of carboxylic acids is 2. The molecule has 2 amide bonds. The SMILES string of the molecule is O=C(O)C(F)(F)F.O=C(O)C(F)(F)F.O=C1COc2c(CCNCCN(C(=O)CCNCCc3ccc(F)c(Cl)c3)C3CCCCC3)ccc(O)c2N1. The van der Waals surface area contributed by atoms with Crippen LogP contribution in [0.2, 0.25) is 5.02 Å². The van der Waals surface area contributed by atoms with Crippen molar-refractivity contribution in [2.45, 2.75) is 69.8 Å². The van der Waals surface area contributed by atoms with Gasteiger partial charge in [-0.2, -0.15) is 26.3 Å². The van der Waals surface area contributed by atoms with Crippen LogP contribution >= 0.6 is 11.6 Å². The molecule has 2 aromatic rings. The number of hydrogen-bond donors (Lipinski definition) is 6. The smallest absolute Gasteiger partial charge is 0.490 e. The third kappa shape index (κ3) is 16.0. The third-order valence-electron chi connectivity index (χ3n) is 7.84. The van der Waals surface area contributed by atoms with Crippen molar-refractivity contribution in [1.82, 2.24) is 15.5 Å². The van der Waals surface area contributed by atoms with Crippen molar-refractivity contribution in [1.29, 1.82) is 0 Å². The average molecular weight is 789 g/mol. The van der Waals surface area contributed by atoms with Gasteiger partial charge in [0, 0.05) is 32.1 Å². The molecule has 6 N–H and O–H groups in total. The van der Waals surface area contributed by atoms with Gasteiger partial charge < -0.3 is 40.9 Å². The summed E-state index contributed by atoms with van der Waals surface area (Å²) in [5, 5.41) is 33.9. The lowest BCUT2D eigenvalue weighted by atomic mass is 9.94. The second-order valence-corrected chi connectivity index (χ2v) is 12.2. The Bertz CT molecular complexity index is 1520. The van der Waals surface area contributed by atoms with E-state index in [-0.39, 0.29) is 35.2 Å². The number of nitrogens with one attached hydrogen (secondary N) is 3. The van der Waals surface area contributed by atoms with E-state index in [9.17, 15) is 45.4 Å². The van der Waals surface area contributed by atoms with Crippen LogP contribution in [-0.2, 0) is 32.0 Å². The number of alkyl halides is 6. The van der Waals surface area contributed by atoms with Crippen molar-refractivity contribution in [3.63, 3.8) is 0 Å². The molecule has 0 atom stereocenters. The molecule has 1 fully saturated rings. The zero-order chi connectivity index (χ0) is 39.8. The van der Waals surface area contributed by atoms with Gasteiger partial charge in [-0.15, -0.1) is 0 Å². The lowest BCUT2D eigenvalue weighted by molar-refractivity contribution is -0.193. The minimum absolute atomic E-state index is 0.00858. The summed E-state index contributed by atoms with van der Waals surface area (Å²) in [5.74, 6) is -5.54. The van der Waals surface area contributed by atoms with Crippen LogP contribution in [0.3, 0.4) is 0 Å². The zero-order valence-corrected chi connectivity index (χ0v) is 29.0. The minimum atomic E-state index is -5.08. The number of nitrogens with zero attached hydrogens (tertiary/aromatic N) is 1. The van der Waals surface area contributed by atoms with E-state index < -0.39 is 30.1 Å². The number of benzene rings is 2. The van der Waals surface area contributed by atoms with Crippen molar-refractivity contribution in [2.24, 2.45) is 0 Å². The Hall–Kier alpha value is -4.36. The number of carbonyl (C=O) groups excluding carboxylic acids is 2. The zero-order valence-electron chi connectivity index (χ0n) is 28.2. The molecule has 20 heteroatoms. The molecular weight excluding hydrogens is 749 g/mol. The molecule has 296 valence electrons. The molecule has 2 aliphatic rings. The van der Waals surface area contributed by atoms with E-state index >= 15 is 0 Å². The number of carbonyl (C=O) groups is 4. The van der Waals surface area contributed by atoms with Gasteiger partial charge in [0.05, 0.1) is 5.02 Å². The van der Waals surface area contributed by atoms with Crippen LogP contribution in [0.1, 0.15) is 49.7 Å². The van der Waals surface area contributed by atoms with Crippen molar-refractivity contribution < 1.29 is 70.0 Å². The standard InChI is InChI=1S/C29H38ClFN4O4.2C2HF3O2/c30-23-18-20(6-8-24(23)31)10-13-32-15-12-27(38)35(22-4-2-1-3-5-22)17-16-33-14-11-21-7-9-25(36)28-29(21)39-19-26(37)34-28;2*3-2(4,5)1(6)7/h6-9,18,22,32-33,36H,1-5,10-17,19H2,(H,34,37);2*(H,6,7). The number of carboxylic acid groups (broad SMARTS) is 2. The first-order valence-electron chi connectivity index (χ1n) is 16.3. The fourth-order valence-corrected chi connectivity index (χ4v) is 5.46. The molecule has 53 heavy (non-hydrogen) atoms. The van der Waals surface area contributed by atoms with E-state index in [2.05, 4.69) is 20.9 Å². The Kier molecular flexibility index (Phi) is 18.1. The van der Waals surface area contributed by atoms with Gasteiger partial charge in [0.2, 0.25) is 5.91 Å². The summed E-state index contributed by atoms with van der Waals surface area (Å²) in [6.07, 6.45) is -2.72. The molecule has 0 spiro atoms. The van der Waals surface area contributed by atoms with Gasteiger partial charge in [0.15, 0.2) is 12.4 Å². The third-order valence-corrected chi connectivity index (χ3v) is 8.13. The highest BCUT2D eigenvalue weighted by Gasteiger charge is 2.39. The highest BCUT2D eigenvalue weighted by molar-refractivity contribution is 6.30. The number of hydrogen-bond acceptors (Lipinski definition) is 8. The van der Waals surface area contributed by atoms with Crippen LogP contribution in [0.4, 0.5) is 36.4 Å². The van der Waals surface area contributed by atoms with Crippen molar-refractivity contribution >= 4 is 41.0 Å². The molecule has 2 aromatic carbocycles. The van der Waals surface area contributed by atoms with Crippen LogP contribution in [-0.4, -0.2) is 102 Å². The molecule has 0 radical (unpaired) electrons. The molecule has 0 aromatic heterocycles. The maximum absolute atomic E-state index is 13.3. The number of aliphatic carboxylic acids is 2. The normalized spacial score (nSPS) is 14.3. The average Bonchev–Trinajstić information content (AvgIpc) is 3.08. The molecule has 0 bridgehead atoms. The Balaban J connectivity index is 0.000000587. The molecule has 4 rings (SSSR count). The van der Waals surface area contributed by atoms with Gasteiger partial charge in [-0.05, 0) is 68.1 Å². The summed E-state index contributed by atoms with van der Waals surface area (Å²) in [6.45, 7) is 3.22. The lowest BCUT2D eigenvalue weighted by Crippen LogP contribution is -2.45. The number of phenols is 1. The first-order chi connectivity index (χ1) is 24.8. The second kappa shape index (κ2) is 21.4. The topological polar surface area (TPSA) is 178 Å². The van der Waals surface area contributed by atoms with Gasteiger partial charge >= 0.3 is 24.3 Å². The molecule has 0 saturated heterocycles. The summed E-state index contributed by atoms with van der Waals surface area (Å²) in [7, 11) is 0. The van der Waals surface area contributed by atoms with Gasteiger partial charge in [-0.25, -0.2) is 14.0 Å². The molecule has 1 aliphatic heterocycles. The van der Waals surface area contributed by atoms with Gasteiger partial charge in [0.25, 0.3) is 5.91 Å². The number of ether oxygens (including phenoxy) is 1. The van der Waals surface area contributed by atoms with E-state index in [0.29, 0.717) is 63.4 Å². The van der Waals surface area contributed by atoms with Crippen molar-refractivity contribution in [3.8, 4) is 11.5 Å². The van der Waals surface area contributed by atoms with Crippen LogP contribution in [0.15, 0.2) is 30.3 Å². The van der Waals surface area contributed by atoms with E-state index in [1.54, 1.807) is 18.2 Å². The number of fused-ring (bicyclic) bond motifs is 1. The number of anilines is 1. The lowest BCUT2D eigenvalue weighted by Gasteiger charge is -2.34. The fourth-order valence-electron chi connectivity index (χ4n) is 5.25. The maximum Gasteiger partial charge on any atom is 0.490 e. The second-order valence-electron chi connectivity index (χ2n) is 11.8. The molecule has 0 unspecified atom stereocenters. The van der Waals surface area contributed by atoms with E-state index in [0.717, 1.165) is 36.8 Å². The molecule has 1 aliphatic carbocycles. The summed E-state index contributed by atoms with van der Waals surface area (Å²) < 4.78 is 82.4. The van der Waals surface area contributed by atoms with Crippen LogP contribution in [0.25, 0.3) is 0 Å². The van der Waals surface area contributed by atoms with E-state index in [4.69, 9.17) is 36.1 Å². The van der Waals surface area contributed by atoms with Gasteiger partial charge in [0.1, 0.15) is 17.3 Å². The molecule has 1 saturated carbocycles. The number of aromatic hydroxyl groups is 1. The van der Waals surface area contributed by atoms with Gasteiger partial charge in [-0.3, -0.25) is 9.59 Å². The van der Waals surface area contributed by atoms with Crippen LogP contribution in [0.5, 0.6) is 11.5 Å². The highest BCUT2D eigenvalue weighted by atomic mass is 35.5. The Morgan fingerprint density at radius 1 is 0.887 bits per heavy atom. The van der Waals surface area contributed by atoms with Crippen molar-refractivity contribution in [2.75, 3.05) is 44.6 Å². The first-order valence-corrected chi connectivity index (χ1v) is 16.7. The van der Waals surface area contributed by atoms with Crippen LogP contribution in [0, 0.1) is 5.82 Å². The maximum atomic E-state index is 13.3. The van der Waals surface area contributed by atoms with Crippen molar-refractivity contribution in [3.05, 3.63) is 52.3 Å². The number of rotatable bonds is 13. The van der Waals surface area contributed by atoms with E-state index in [1.807, 2.05) is 6.07 Å². The largest absolute Gasteiger partial charge is 0.506 e. The summed E-state index contributed by atoms with van der Waals surface area (Å²) >= 11 is 5.86. The summed E-state index contributed by atoms with van der Waals surface area (Å²) in [5.41, 5.74) is 2.19. The van der Waals surface area contributed by atoms with Crippen LogP contribution < -0.4 is 20.7 Å². The molecular formula is C33H40ClF7N4O8. The first kappa shape index (κ1) is 44.8. The summed E-state index contributed by atoms with van der Waals surface area (Å²) in [6, 6.07) is 8.41. The molecule has 12 nitrogen and oxygen atoms in total. The molecule has 1 heterocycles. The number of amides is 2. The quantitative estimate of drug-likeness (QED) is 0.0888. The fraction of sp³-hybridized carbons (Fsp3) is 0.515.